The van der Waals surface area contributed by atoms with E-state index in [9.17, 15) is 9.59 Å². The molecule has 1 aromatic heterocycles. The first-order valence-electron chi connectivity index (χ1n) is 10.1. The third kappa shape index (κ3) is 5.13. The number of aryl methyl sites for hydroxylation is 1. The molecule has 0 bridgehead atoms. The Morgan fingerprint density at radius 2 is 1.80 bits per heavy atom. The van der Waals surface area contributed by atoms with Crippen LogP contribution in [0.2, 0.25) is 0 Å². The molecule has 8 heteroatoms. The van der Waals surface area contributed by atoms with Crippen LogP contribution in [0.4, 0.5) is 5.69 Å². The molecule has 0 radical (unpaired) electrons. The van der Waals surface area contributed by atoms with Gasteiger partial charge in [0.25, 0.3) is 5.91 Å². The lowest BCUT2D eigenvalue weighted by atomic mass is 10.0. The minimum absolute atomic E-state index is 0.0697. The number of hydrogen-bond acceptors (Lipinski definition) is 6. The van der Waals surface area contributed by atoms with Gasteiger partial charge >= 0.3 is 0 Å². The molecule has 1 aliphatic heterocycles. The highest BCUT2D eigenvalue weighted by Gasteiger charge is 2.28. The molecule has 1 aromatic carbocycles. The molecule has 1 saturated heterocycles. The third-order valence-corrected chi connectivity index (χ3v) is 5.41. The minimum atomic E-state index is -0.289. The van der Waals surface area contributed by atoms with Gasteiger partial charge in [0.2, 0.25) is 5.91 Å². The summed E-state index contributed by atoms with van der Waals surface area (Å²) in [4.78, 5) is 27.1. The Labute approximate surface area is 176 Å². The summed E-state index contributed by atoms with van der Waals surface area (Å²) in [5, 5.41) is 5.95. The topological polar surface area (TPSA) is 93.0 Å². The number of ether oxygens (including phenoxy) is 2. The Hall–Kier alpha value is -3.00. The number of nitrogens with one attached hydrogen (secondary N) is 2. The van der Waals surface area contributed by atoms with Gasteiger partial charge in [0.1, 0.15) is 5.76 Å². The molecule has 162 valence electrons. The fraction of sp³-hybridized carbons (Fsp3) is 0.455. The molecule has 2 heterocycles. The van der Waals surface area contributed by atoms with Crippen molar-refractivity contribution in [2.45, 2.75) is 38.8 Å². The maximum atomic E-state index is 12.7. The van der Waals surface area contributed by atoms with E-state index in [1.165, 1.54) is 0 Å². The molecule has 0 spiro atoms. The van der Waals surface area contributed by atoms with Crippen molar-refractivity contribution in [1.82, 2.24) is 10.2 Å². The second-order valence-corrected chi connectivity index (χ2v) is 7.43. The lowest BCUT2D eigenvalue weighted by Crippen LogP contribution is -2.50. The highest BCUT2D eigenvalue weighted by Crippen LogP contribution is 2.30. The molecule has 0 aliphatic carbocycles. The first kappa shape index (κ1) is 21.7. The summed E-state index contributed by atoms with van der Waals surface area (Å²) >= 11 is 0. The van der Waals surface area contributed by atoms with Crippen LogP contribution in [0, 0.1) is 6.92 Å². The standard InChI is InChI=1S/C22H29N3O5/c1-14-5-7-19(30-14)22(27)23-16-9-11-25(12-10-16)15(2)21(26)24-17-6-8-18(28-3)20(13-17)29-4/h5-8,13,15-16H,9-12H2,1-4H3,(H,23,27)(H,24,26). The van der Waals surface area contributed by atoms with Gasteiger partial charge in [-0.05, 0) is 51.0 Å². The second-order valence-electron chi connectivity index (χ2n) is 7.43. The zero-order chi connectivity index (χ0) is 21.7. The van der Waals surface area contributed by atoms with Crippen molar-refractivity contribution in [3.05, 3.63) is 41.9 Å². The second kappa shape index (κ2) is 9.67. The van der Waals surface area contributed by atoms with E-state index in [0.717, 1.165) is 25.9 Å². The van der Waals surface area contributed by atoms with Crippen molar-refractivity contribution >= 4 is 17.5 Å². The molecule has 1 fully saturated rings. The number of methoxy groups -OCH3 is 2. The maximum Gasteiger partial charge on any atom is 0.287 e. The summed E-state index contributed by atoms with van der Waals surface area (Å²) in [7, 11) is 3.13. The number of hydrogen-bond donors (Lipinski definition) is 2. The van der Waals surface area contributed by atoms with Gasteiger partial charge in [-0.2, -0.15) is 0 Å². The summed E-state index contributed by atoms with van der Waals surface area (Å²) in [6.07, 6.45) is 1.55. The van der Waals surface area contributed by atoms with Crippen molar-refractivity contribution in [1.29, 1.82) is 0 Å². The number of furan rings is 1. The van der Waals surface area contributed by atoms with E-state index in [4.69, 9.17) is 13.9 Å². The van der Waals surface area contributed by atoms with Crippen LogP contribution in [0.5, 0.6) is 11.5 Å². The van der Waals surface area contributed by atoms with Crippen molar-refractivity contribution in [3.8, 4) is 11.5 Å². The van der Waals surface area contributed by atoms with Crippen LogP contribution in [0.15, 0.2) is 34.7 Å². The van der Waals surface area contributed by atoms with Crippen molar-refractivity contribution in [3.63, 3.8) is 0 Å². The zero-order valence-electron chi connectivity index (χ0n) is 17.9. The number of amides is 2. The number of carbonyl (C=O) groups excluding carboxylic acids is 2. The average Bonchev–Trinajstić information content (AvgIpc) is 3.20. The normalized spacial score (nSPS) is 16.0. The summed E-state index contributed by atoms with van der Waals surface area (Å²) in [6, 6.07) is 8.51. The molecule has 30 heavy (non-hydrogen) atoms. The number of likely N-dealkylation sites (tertiary alicyclic amines) is 1. The molecule has 2 aromatic rings. The SMILES string of the molecule is COc1ccc(NC(=O)C(C)N2CCC(NC(=O)c3ccc(C)o3)CC2)cc1OC. The number of carbonyl (C=O) groups is 2. The fourth-order valence-electron chi connectivity index (χ4n) is 3.57. The molecule has 0 saturated carbocycles. The monoisotopic (exact) mass is 415 g/mol. The van der Waals surface area contributed by atoms with E-state index in [1.54, 1.807) is 44.6 Å². The van der Waals surface area contributed by atoms with Crippen LogP contribution >= 0.6 is 0 Å². The Morgan fingerprint density at radius 3 is 2.40 bits per heavy atom. The minimum Gasteiger partial charge on any atom is -0.493 e. The molecule has 1 aliphatic rings. The van der Waals surface area contributed by atoms with Crippen LogP contribution in [0.3, 0.4) is 0 Å². The summed E-state index contributed by atoms with van der Waals surface area (Å²) < 4.78 is 15.9. The fourth-order valence-corrected chi connectivity index (χ4v) is 3.57. The molecule has 8 nitrogen and oxygen atoms in total. The van der Waals surface area contributed by atoms with E-state index >= 15 is 0 Å². The number of piperidine rings is 1. The maximum absolute atomic E-state index is 12.7. The van der Waals surface area contributed by atoms with Crippen LogP contribution < -0.4 is 20.1 Å². The van der Waals surface area contributed by atoms with Gasteiger partial charge in [0, 0.05) is 30.9 Å². The summed E-state index contributed by atoms with van der Waals surface area (Å²) in [5.41, 5.74) is 0.653. The first-order valence-corrected chi connectivity index (χ1v) is 10.1. The predicted molar refractivity (Wildman–Crippen MR) is 113 cm³/mol. The van der Waals surface area contributed by atoms with Crippen molar-refractivity contribution < 1.29 is 23.5 Å². The number of benzene rings is 1. The highest BCUT2D eigenvalue weighted by molar-refractivity contribution is 5.95. The lowest BCUT2D eigenvalue weighted by molar-refractivity contribution is -0.121. The van der Waals surface area contributed by atoms with Gasteiger partial charge in [-0.15, -0.1) is 0 Å². The van der Waals surface area contributed by atoms with Crippen LogP contribution in [-0.2, 0) is 4.79 Å². The van der Waals surface area contributed by atoms with E-state index in [2.05, 4.69) is 15.5 Å². The lowest BCUT2D eigenvalue weighted by Gasteiger charge is -2.35. The zero-order valence-corrected chi connectivity index (χ0v) is 17.9. The van der Waals surface area contributed by atoms with Gasteiger partial charge in [-0.25, -0.2) is 0 Å². The van der Waals surface area contributed by atoms with Gasteiger partial charge < -0.3 is 24.5 Å². The summed E-state index contributed by atoms with van der Waals surface area (Å²) in [5.74, 6) is 1.93. The van der Waals surface area contributed by atoms with E-state index < -0.39 is 0 Å². The molecule has 2 N–H and O–H groups in total. The Morgan fingerprint density at radius 1 is 1.10 bits per heavy atom. The molecule has 1 atom stereocenters. The average molecular weight is 415 g/mol. The van der Waals surface area contributed by atoms with E-state index in [-0.39, 0.29) is 23.9 Å². The Kier molecular flexibility index (Phi) is 6.99. The third-order valence-electron chi connectivity index (χ3n) is 5.41. The summed E-state index contributed by atoms with van der Waals surface area (Å²) in [6.45, 7) is 5.15. The van der Waals surface area contributed by atoms with Crippen molar-refractivity contribution in [2.75, 3.05) is 32.6 Å². The van der Waals surface area contributed by atoms with Crippen molar-refractivity contribution in [2.24, 2.45) is 0 Å². The van der Waals surface area contributed by atoms with Gasteiger partial charge in [0.05, 0.1) is 20.3 Å². The van der Waals surface area contributed by atoms with Gasteiger partial charge in [-0.1, -0.05) is 0 Å². The van der Waals surface area contributed by atoms with Gasteiger partial charge in [0.15, 0.2) is 17.3 Å². The molecule has 1 unspecified atom stereocenters. The highest BCUT2D eigenvalue weighted by atomic mass is 16.5. The van der Waals surface area contributed by atoms with E-state index in [0.29, 0.717) is 28.7 Å². The quantitative estimate of drug-likeness (QED) is 0.722. The molecule has 2 amide bonds. The predicted octanol–water partition coefficient (Wildman–Crippen LogP) is 2.83. The van der Waals surface area contributed by atoms with Crippen LogP contribution in [0.1, 0.15) is 36.1 Å². The Bertz CT molecular complexity index is 887. The van der Waals surface area contributed by atoms with Crippen LogP contribution in [-0.4, -0.2) is 56.1 Å². The molecule has 3 rings (SSSR count). The largest absolute Gasteiger partial charge is 0.493 e. The first-order chi connectivity index (χ1) is 14.4. The Balaban J connectivity index is 1.50. The molecular formula is C22H29N3O5. The number of nitrogens with zero attached hydrogens (tertiary/aromatic N) is 1. The number of anilines is 1. The number of rotatable bonds is 7. The van der Waals surface area contributed by atoms with E-state index in [1.807, 2.05) is 13.8 Å². The molecular weight excluding hydrogens is 386 g/mol. The van der Waals surface area contributed by atoms with Crippen LogP contribution in [0.25, 0.3) is 0 Å². The van der Waals surface area contributed by atoms with Gasteiger partial charge in [-0.3, -0.25) is 14.5 Å². The smallest absolute Gasteiger partial charge is 0.287 e.